The molecule has 0 atom stereocenters. The zero-order valence-corrected chi connectivity index (χ0v) is 21.5. The average molecular weight is 501 g/mol. The van der Waals surface area contributed by atoms with E-state index in [1.807, 2.05) is 60.5 Å². The Morgan fingerprint density at radius 3 is 2.58 bits per heavy atom. The fourth-order valence-corrected chi connectivity index (χ4v) is 4.77. The molecule has 0 radical (unpaired) electrons. The van der Waals surface area contributed by atoms with Crippen molar-refractivity contribution < 1.29 is 4.74 Å². The van der Waals surface area contributed by atoms with Gasteiger partial charge in [-0.15, -0.1) is 5.10 Å². The highest BCUT2D eigenvalue weighted by molar-refractivity contribution is 5.85. The highest BCUT2D eigenvalue weighted by Crippen LogP contribution is 2.25. The van der Waals surface area contributed by atoms with Gasteiger partial charge in [-0.25, -0.2) is 9.67 Å². The third-order valence-corrected chi connectivity index (χ3v) is 6.92. The Morgan fingerprint density at radius 2 is 1.71 bits per heavy atom. The summed E-state index contributed by atoms with van der Waals surface area (Å²) in [5.74, 6) is 0.838. The van der Waals surface area contributed by atoms with Gasteiger partial charge in [0.05, 0.1) is 31.4 Å². The molecule has 7 nitrogen and oxygen atoms in total. The molecule has 0 saturated carbocycles. The van der Waals surface area contributed by atoms with Crippen LogP contribution < -0.4 is 4.74 Å². The second-order valence-corrected chi connectivity index (χ2v) is 9.34. The minimum absolute atomic E-state index is 0.641. The first-order valence-corrected chi connectivity index (χ1v) is 12.7. The first-order chi connectivity index (χ1) is 18.7. The van der Waals surface area contributed by atoms with Crippen LogP contribution in [0.4, 0.5) is 0 Å². The summed E-state index contributed by atoms with van der Waals surface area (Å²) in [6, 6.07) is 27.0. The van der Waals surface area contributed by atoms with Gasteiger partial charge in [0.2, 0.25) is 0 Å². The van der Waals surface area contributed by atoms with Crippen LogP contribution in [0.15, 0.2) is 97.6 Å². The van der Waals surface area contributed by atoms with E-state index < -0.39 is 0 Å². The normalized spacial score (nSPS) is 11.2. The molecule has 0 bridgehead atoms. The van der Waals surface area contributed by atoms with Crippen molar-refractivity contribution in [3.05, 3.63) is 114 Å². The van der Waals surface area contributed by atoms with Crippen LogP contribution in [0.3, 0.4) is 0 Å². The number of benzene rings is 3. The molecule has 38 heavy (non-hydrogen) atoms. The van der Waals surface area contributed by atoms with Gasteiger partial charge in [0.15, 0.2) is 0 Å². The van der Waals surface area contributed by atoms with Crippen molar-refractivity contribution in [2.45, 2.75) is 26.4 Å². The Labute approximate surface area is 221 Å². The molecule has 6 rings (SSSR count). The predicted octanol–water partition coefficient (Wildman–Crippen LogP) is 5.96. The van der Waals surface area contributed by atoms with Gasteiger partial charge in [-0.3, -0.25) is 4.98 Å². The first-order valence-electron chi connectivity index (χ1n) is 12.7. The zero-order valence-electron chi connectivity index (χ0n) is 21.5. The van der Waals surface area contributed by atoms with E-state index in [4.69, 9.17) is 4.74 Å². The molecular weight excluding hydrogens is 472 g/mol. The maximum atomic E-state index is 5.26. The van der Waals surface area contributed by atoms with Crippen molar-refractivity contribution in [3.8, 4) is 28.4 Å². The van der Waals surface area contributed by atoms with Crippen molar-refractivity contribution in [1.29, 1.82) is 0 Å². The minimum Gasteiger partial charge on any atom is -0.497 e. The van der Waals surface area contributed by atoms with Crippen LogP contribution in [0.2, 0.25) is 0 Å². The number of rotatable bonds is 8. The van der Waals surface area contributed by atoms with Crippen molar-refractivity contribution in [3.63, 3.8) is 0 Å². The molecule has 0 saturated heterocycles. The number of hydrogen-bond acceptors (Lipinski definition) is 5. The molecule has 0 aliphatic rings. The number of methoxy groups -OCH3 is 1. The van der Waals surface area contributed by atoms with Crippen LogP contribution in [0.25, 0.3) is 33.4 Å². The molecular formula is C31H28N6O. The van der Waals surface area contributed by atoms with Gasteiger partial charge in [-0.1, -0.05) is 59.8 Å². The van der Waals surface area contributed by atoms with Crippen LogP contribution in [0, 0.1) is 6.92 Å². The topological polar surface area (TPSA) is 70.7 Å². The lowest BCUT2D eigenvalue weighted by Crippen LogP contribution is -2.04. The van der Waals surface area contributed by atoms with Gasteiger partial charge in [0.1, 0.15) is 17.1 Å². The van der Waals surface area contributed by atoms with Gasteiger partial charge < -0.3 is 9.30 Å². The lowest BCUT2D eigenvalue weighted by molar-refractivity contribution is 0.414. The smallest absolute Gasteiger partial charge is 0.118 e. The van der Waals surface area contributed by atoms with Gasteiger partial charge >= 0.3 is 0 Å². The van der Waals surface area contributed by atoms with E-state index in [9.17, 15) is 0 Å². The van der Waals surface area contributed by atoms with Gasteiger partial charge in [-0.2, -0.15) is 0 Å². The molecule has 0 spiro atoms. The van der Waals surface area contributed by atoms with E-state index in [-0.39, 0.29) is 0 Å². The molecule has 0 unspecified atom stereocenters. The van der Waals surface area contributed by atoms with E-state index >= 15 is 0 Å². The molecule has 0 fully saturated rings. The molecule has 3 heterocycles. The molecule has 0 N–H and O–H groups in total. The van der Waals surface area contributed by atoms with Crippen LogP contribution in [0.1, 0.15) is 16.8 Å². The number of nitrogens with zero attached hydrogens (tertiary/aromatic N) is 6. The number of pyridine rings is 1. The summed E-state index contributed by atoms with van der Waals surface area (Å²) in [7, 11) is 1.67. The monoisotopic (exact) mass is 500 g/mol. The maximum absolute atomic E-state index is 5.26. The second kappa shape index (κ2) is 10.3. The Kier molecular flexibility index (Phi) is 6.40. The number of hydrogen-bond donors (Lipinski definition) is 0. The SMILES string of the molecule is COc1ccc(Cn2nnc(-c3ccnc(-c4cn(CCc5cccc6ccccc56)cn4)c3)c2C)cc1. The summed E-state index contributed by atoms with van der Waals surface area (Å²) in [6.45, 7) is 3.53. The minimum atomic E-state index is 0.641. The Balaban J connectivity index is 1.18. The fourth-order valence-electron chi connectivity index (χ4n) is 4.77. The number of fused-ring (bicyclic) bond motifs is 1. The third-order valence-electron chi connectivity index (χ3n) is 6.92. The first kappa shape index (κ1) is 23.6. The summed E-state index contributed by atoms with van der Waals surface area (Å²) in [4.78, 5) is 9.23. The summed E-state index contributed by atoms with van der Waals surface area (Å²) < 4.78 is 9.30. The summed E-state index contributed by atoms with van der Waals surface area (Å²) >= 11 is 0. The van der Waals surface area contributed by atoms with Crippen molar-refractivity contribution in [2.75, 3.05) is 7.11 Å². The van der Waals surface area contributed by atoms with E-state index in [1.54, 1.807) is 7.11 Å². The van der Waals surface area contributed by atoms with Crippen molar-refractivity contribution in [1.82, 2.24) is 29.5 Å². The van der Waals surface area contributed by atoms with Gasteiger partial charge in [-0.05, 0) is 59.5 Å². The Bertz CT molecular complexity index is 1690. The molecule has 0 amide bonds. The summed E-state index contributed by atoms with van der Waals surface area (Å²) in [5.41, 5.74) is 6.94. The van der Waals surface area contributed by atoms with Crippen molar-refractivity contribution in [2.24, 2.45) is 0 Å². The average Bonchev–Trinajstić information content (AvgIpc) is 3.59. The fraction of sp³-hybridized carbons (Fsp3) is 0.161. The quantitative estimate of drug-likeness (QED) is 0.258. The van der Waals surface area contributed by atoms with Crippen molar-refractivity contribution >= 4 is 10.8 Å². The predicted molar refractivity (Wildman–Crippen MR) is 149 cm³/mol. The summed E-state index contributed by atoms with van der Waals surface area (Å²) in [5, 5.41) is 11.5. The molecule has 0 aliphatic carbocycles. The molecule has 3 aromatic carbocycles. The Morgan fingerprint density at radius 1 is 0.868 bits per heavy atom. The number of ether oxygens (including phenoxy) is 1. The number of aryl methyl sites for hydroxylation is 2. The maximum Gasteiger partial charge on any atom is 0.118 e. The van der Waals surface area contributed by atoms with E-state index in [2.05, 4.69) is 73.5 Å². The van der Waals surface area contributed by atoms with E-state index in [0.29, 0.717) is 6.54 Å². The number of imidazole rings is 1. The molecule has 7 heteroatoms. The zero-order chi connectivity index (χ0) is 25.9. The highest BCUT2D eigenvalue weighted by atomic mass is 16.5. The lowest BCUT2D eigenvalue weighted by atomic mass is 10.0. The summed E-state index contributed by atoms with van der Waals surface area (Å²) in [6.07, 6.45) is 6.68. The van der Waals surface area contributed by atoms with E-state index in [0.717, 1.165) is 52.6 Å². The largest absolute Gasteiger partial charge is 0.497 e. The van der Waals surface area contributed by atoms with Crippen LogP contribution in [-0.2, 0) is 19.5 Å². The molecule has 188 valence electrons. The molecule has 6 aromatic rings. The number of aromatic nitrogens is 6. The van der Waals surface area contributed by atoms with Crippen LogP contribution in [0.5, 0.6) is 5.75 Å². The molecule has 0 aliphatic heterocycles. The highest BCUT2D eigenvalue weighted by Gasteiger charge is 2.14. The second-order valence-electron chi connectivity index (χ2n) is 9.34. The molecule has 3 aromatic heterocycles. The van der Waals surface area contributed by atoms with Crippen LogP contribution >= 0.6 is 0 Å². The standard InChI is InChI=1S/C31H28N6O/c1-22-31(34-35-37(22)19-23-10-12-27(38-2)13-11-23)26-14-16-32-29(18-26)30-20-36(21-33-30)17-15-25-8-5-7-24-6-3-4-9-28(24)25/h3-14,16,18,20-21H,15,17,19H2,1-2H3. The third kappa shape index (κ3) is 4.78. The van der Waals surface area contributed by atoms with E-state index in [1.165, 1.54) is 16.3 Å². The lowest BCUT2D eigenvalue weighted by Gasteiger charge is -2.07. The van der Waals surface area contributed by atoms with Gasteiger partial charge in [0, 0.05) is 24.5 Å². The Hall–Kier alpha value is -4.78. The van der Waals surface area contributed by atoms with Gasteiger partial charge in [0.25, 0.3) is 0 Å². The van der Waals surface area contributed by atoms with Crippen LogP contribution in [-0.4, -0.2) is 36.6 Å².